The number of ether oxygens (including phenoxy) is 1. The zero-order valence-electron chi connectivity index (χ0n) is 9.76. The average Bonchev–Trinajstić information content (AvgIpc) is 2.33. The highest BCUT2D eigenvalue weighted by atomic mass is 35.5. The summed E-state index contributed by atoms with van der Waals surface area (Å²) in [5.74, 6) is -0.396. The van der Waals surface area contributed by atoms with Crippen LogP contribution in [0.4, 0.5) is 10.1 Å². The Labute approximate surface area is 112 Å². The van der Waals surface area contributed by atoms with E-state index in [9.17, 15) is 14.5 Å². The van der Waals surface area contributed by atoms with E-state index in [0.29, 0.717) is 11.3 Å². The van der Waals surface area contributed by atoms with E-state index in [1.807, 2.05) is 0 Å². The lowest BCUT2D eigenvalue weighted by atomic mass is 10.2. The average molecular weight is 283 g/mol. The normalized spacial score (nSPS) is 10.3. The number of nitro benzene ring substituents is 1. The minimum Gasteiger partial charge on any atom is -0.457 e. The van der Waals surface area contributed by atoms with E-state index in [4.69, 9.17) is 16.3 Å². The van der Waals surface area contributed by atoms with Crippen LogP contribution in [-0.2, 0) is 0 Å². The number of nitrogens with zero attached hydrogens (tertiary/aromatic N) is 2. The molecular formula is C12H8ClFN2O3. The van der Waals surface area contributed by atoms with Gasteiger partial charge >= 0.3 is 5.69 Å². The van der Waals surface area contributed by atoms with Gasteiger partial charge in [-0.05, 0) is 18.6 Å². The van der Waals surface area contributed by atoms with Crippen LogP contribution in [-0.4, -0.2) is 9.91 Å². The summed E-state index contributed by atoms with van der Waals surface area (Å²) in [6.45, 7) is 1.59. The number of aryl methyl sites for hydroxylation is 1. The van der Waals surface area contributed by atoms with E-state index < -0.39 is 16.4 Å². The number of halogens is 2. The van der Waals surface area contributed by atoms with Crippen LogP contribution in [0, 0.1) is 22.9 Å². The van der Waals surface area contributed by atoms with Gasteiger partial charge in [0, 0.05) is 24.4 Å². The first kappa shape index (κ1) is 13.2. The Kier molecular flexibility index (Phi) is 3.62. The third-order valence-electron chi connectivity index (χ3n) is 2.37. The van der Waals surface area contributed by atoms with Gasteiger partial charge in [0.25, 0.3) is 0 Å². The number of hydrogen-bond acceptors (Lipinski definition) is 4. The second-order valence-electron chi connectivity index (χ2n) is 3.74. The molecule has 19 heavy (non-hydrogen) atoms. The van der Waals surface area contributed by atoms with Gasteiger partial charge < -0.3 is 4.74 Å². The molecule has 0 bridgehead atoms. The Balaban J connectivity index is 2.36. The highest BCUT2D eigenvalue weighted by Gasteiger charge is 2.17. The molecule has 7 heteroatoms. The highest BCUT2D eigenvalue weighted by Crippen LogP contribution is 2.30. The van der Waals surface area contributed by atoms with Gasteiger partial charge in [0.05, 0.1) is 4.92 Å². The van der Waals surface area contributed by atoms with Crippen molar-refractivity contribution in [1.29, 1.82) is 0 Å². The van der Waals surface area contributed by atoms with E-state index in [0.717, 1.165) is 12.1 Å². The standard InChI is InChI=1S/C12H8ClFN2O3/c1-7-4-10(16(17)18)9(14)6-11(7)19-8-2-3-15-12(13)5-8/h2-6H,1H3. The summed E-state index contributed by atoms with van der Waals surface area (Å²) in [6, 6.07) is 5.10. The van der Waals surface area contributed by atoms with Crippen molar-refractivity contribution >= 4 is 17.3 Å². The van der Waals surface area contributed by atoms with Crippen molar-refractivity contribution in [2.75, 3.05) is 0 Å². The Morgan fingerprint density at radius 3 is 2.79 bits per heavy atom. The summed E-state index contributed by atoms with van der Waals surface area (Å²) in [5.41, 5.74) is -0.140. The van der Waals surface area contributed by atoms with Gasteiger partial charge in [-0.15, -0.1) is 0 Å². The van der Waals surface area contributed by atoms with Crippen LogP contribution < -0.4 is 4.74 Å². The van der Waals surface area contributed by atoms with Crippen molar-refractivity contribution in [1.82, 2.24) is 4.98 Å². The van der Waals surface area contributed by atoms with Gasteiger partial charge in [0.15, 0.2) is 0 Å². The monoisotopic (exact) mass is 282 g/mol. The van der Waals surface area contributed by atoms with Crippen LogP contribution in [0.1, 0.15) is 5.56 Å². The molecule has 0 atom stereocenters. The predicted molar refractivity (Wildman–Crippen MR) is 67.1 cm³/mol. The lowest BCUT2D eigenvalue weighted by Crippen LogP contribution is -1.96. The van der Waals surface area contributed by atoms with Crippen LogP contribution in [0.25, 0.3) is 0 Å². The minimum absolute atomic E-state index is 0.186. The molecular weight excluding hydrogens is 275 g/mol. The molecule has 0 fully saturated rings. The second-order valence-corrected chi connectivity index (χ2v) is 4.13. The maximum Gasteiger partial charge on any atom is 0.305 e. The van der Waals surface area contributed by atoms with Gasteiger partial charge in [0.2, 0.25) is 5.82 Å². The summed E-state index contributed by atoms with van der Waals surface area (Å²) in [7, 11) is 0. The Morgan fingerprint density at radius 1 is 1.42 bits per heavy atom. The SMILES string of the molecule is Cc1cc([N+](=O)[O-])c(F)cc1Oc1ccnc(Cl)c1. The predicted octanol–water partition coefficient (Wildman–Crippen LogP) is 3.88. The first-order chi connectivity index (χ1) is 8.97. The van der Waals surface area contributed by atoms with E-state index in [1.165, 1.54) is 12.3 Å². The summed E-state index contributed by atoms with van der Waals surface area (Å²) in [4.78, 5) is 13.6. The van der Waals surface area contributed by atoms with Gasteiger partial charge in [0.1, 0.15) is 16.7 Å². The molecule has 2 aromatic rings. The molecule has 0 aliphatic heterocycles. The molecule has 0 saturated carbocycles. The number of aromatic nitrogens is 1. The fourth-order valence-electron chi connectivity index (χ4n) is 1.47. The lowest BCUT2D eigenvalue weighted by molar-refractivity contribution is -0.387. The lowest BCUT2D eigenvalue weighted by Gasteiger charge is -2.08. The van der Waals surface area contributed by atoms with Crippen LogP contribution in [0.3, 0.4) is 0 Å². The maximum atomic E-state index is 13.5. The Morgan fingerprint density at radius 2 is 2.16 bits per heavy atom. The van der Waals surface area contributed by atoms with Gasteiger partial charge in [-0.1, -0.05) is 11.6 Å². The summed E-state index contributed by atoms with van der Waals surface area (Å²) >= 11 is 5.69. The largest absolute Gasteiger partial charge is 0.457 e. The highest BCUT2D eigenvalue weighted by molar-refractivity contribution is 6.29. The number of pyridine rings is 1. The number of rotatable bonds is 3. The summed E-state index contributed by atoms with van der Waals surface area (Å²) in [5, 5.41) is 10.8. The number of nitro groups is 1. The fourth-order valence-corrected chi connectivity index (χ4v) is 1.64. The fraction of sp³-hybridized carbons (Fsp3) is 0.0833. The van der Waals surface area contributed by atoms with Gasteiger partial charge in [-0.3, -0.25) is 10.1 Å². The van der Waals surface area contributed by atoms with Crippen LogP contribution >= 0.6 is 11.6 Å². The molecule has 98 valence electrons. The minimum atomic E-state index is -0.953. The third kappa shape index (κ3) is 2.97. The summed E-state index contributed by atoms with van der Waals surface area (Å²) in [6.07, 6.45) is 1.44. The molecule has 0 saturated heterocycles. The molecule has 0 radical (unpaired) electrons. The smallest absolute Gasteiger partial charge is 0.305 e. The second kappa shape index (κ2) is 5.19. The van der Waals surface area contributed by atoms with E-state index in [-0.39, 0.29) is 10.9 Å². The molecule has 0 amide bonds. The van der Waals surface area contributed by atoms with Crippen molar-refractivity contribution in [3.8, 4) is 11.5 Å². The van der Waals surface area contributed by atoms with Crippen LogP contribution in [0.2, 0.25) is 5.15 Å². The third-order valence-corrected chi connectivity index (χ3v) is 2.57. The Bertz CT molecular complexity index is 649. The van der Waals surface area contributed by atoms with Crippen molar-refractivity contribution in [3.05, 3.63) is 57.1 Å². The molecule has 0 aliphatic carbocycles. The van der Waals surface area contributed by atoms with Gasteiger partial charge in [-0.25, -0.2) is 4.98 Å². The summed E-state index contributed by atoms with van der Waals surface area (Å²) < 4.78 is 18.9. The number of benzene rings is 1. The topological polar surface area (TPSA) is 65.3 Å². The molecule has 1 aromatic carbocycles. The first-order valence-corrected chi connectivity index (χ1v) is 5.59. The van der Waals surface area contributed by atoms with E-state index in [2.05, 4.69) is 4.98 Å². The number of hydrogen-bond donors (Lipinski definition) is 0. The Hall–Kier alpha value is -2.21. The molecule has 0 unspecified atom stereocenters. The molecule has 2 rings (SSSR count). The first-order valence-electron chi connectivity index (χ1n) is 5.21. The maximum absolute atomic E-state index is 13.5. The van der Waals surface area contributed by atoms with Gasteiger partial charge in [-0.2, -0.15) is 4.39 Å². The molecule has 5 nitrogen and oxygen atoms in total. The van der Waals surface area contributed by atoms with Crippen LogP contribution in [0.5, 0.6) is 11.5 Å². The molecule has 1 aromatic heterocycles. The van der Waals surface area contributed by atoms with Crippen molar-refractivity contribution in [3.63, 3.8) is 0 Å². The van der Waals surface area contributed by atoms with E-state index >= 15 is 0 Å². The van der Waals surface area contributed by atoms with Crippen molar-refractivity contribution < 1.29 is 14.1 Å². The molecule has 0 spiro atoms. The zero-order chi connectivity index (χ0) is 14.0. The van der Waals surface area contributed by atoms with Crippen LogP contribution in [0.15, 0.2) is 30.5 Å². The zero-order valence-corrected chi connectivity index (χ0v) is 10.5. The van der Waals surface area contributed by atoms with Crippen molar-refractivity contribution in [2.45, 2.75) is 6.92 Å². The van der Waals surface area contributed by atoms with E-state index in [1.54, 1.807) is 13.0 Å². The quantitative estimate of drug-likeness (QED) is 0.487. The molecule has 1 heterocycles. The van der Waals surface area contributed by atoms with Crippen molar-refractivity contribution in [2.24, 2.45) is 0 Å². The molecule has 0 aliphatic rings. The molecule has 0 N–H and O–H groups in total.